The van der Waals surface area contributed by atoms with Crippen molar-refractivity contribution in [3.05, 3.63) is 75.1 Å². The maximum atomic E-state index is 12.5. The van der Waals surface area contributed by atoms with Gasteiger partial charge in [0.05, 0.1) is 5.39 Å². The molecule has 0 bridgehead atoms. The molecule has 31 heavy (non-hydrogen) atoms. The lowest BCUT2D eigenvalue weighted by atomic mass is 9.92. The van der Waals surface area contributed by atoms with E-state index in [1.165, 1.54) is 0 Å². The molecule has 0 saturated carbocycles. The molecule has 6 nitrogen and oxygen atoms in total. The van der Waals surface area contributed by atoms with Crippen molar-refractivity contribution in [3.63, 3.8) is 0 Å². The van der Waals surface area contributed by atoms with Gasteiger partial charge in [-0.3, -0.25) is 9.59 Å². The molecule has 0 saturated heterocycles. The summed E-state index contributed by atoms with van der Waals surface area (Å²) >= 11 is 0. The molecule has 1 aromatic heterocycles. The van der Waals surface area contributed by atoms with Crippen molar-refractivity contribution in [3.8, 4) is 0 Å². The second-order valence-corrected chi connectivity index (χ2v) is 8.22. The van der Waals surface area contributed by atoms with Crippen LogP contribution in [0.15, 0.2) is 51.7 Å². The van der Waals surface area contributed by atoms with E-state index in [-0.39, 0.29) is 23.0 Å². The summed E-state index contributed by atoms with van der Waals surface area (Å²) in [6, 6.07) is 12.1. The molecule has 0 radical (unpaired) electrons. The highest BCUT2D eigenvalue weighted by atomic mass is 16.5. The van der Waals surface area contributed by atoms with Gasteiger partial charge in [0.1, 0.15) is 5.58 Å². The van der Waals surface area contributed by atoms with Gasteiger partial charge in [-0.05, 0) is 42.0 Å². The lowest BCUT2D eigenvalue weighted by molar-refractivity contribution is -0.119. The zero-order valence-electron chi connectivity index (χ0n) is 18.4. The Labute approximate surface area is 181 Å². The molecule has 6 heteroatoms. The fraction of sp³-hybridized carbons (Fsp3) is 0.320. The second kappa shape index (κ2) is 9.16. The van der Waals surface area contributed by atoms with Crippen molar-refractivity contribution in [2.75, 3.05) is 11.9 Å². The van der Waals surface area contributed by atoms with Crippen LogP contribution in [0.25, 0.3) is 11.0 Å². The zero-order chi connectivity index (χ0) is 22.7. The van der Waals surface area contributed by atoms with Gasteiger partial charge in [0, 0.05) is 11.8 Å². The summed E-state index contributed by atoms with van der Waals surface area (Å²) in [7, 11) is 0. The van der Waals surface area contributed by atoms with Crippen LogP contribution in [0.5, 0.6) is 0 Å². The number of aryl methyl sites for hydroxylation is 1. The van der Waals surface area contributed by atoms with Gasteiger partial charge in [-0.2, -0.15) is 0 Å². The molecule has 2 aromatic carbocycles. The third kappa shape index (κ3) is 5.02. The van der Waals surface area contributed by atoms with Crippen LogP contribution in [0.2, 0.25) is 0 Å². The van der Waals surface area contributed by atoms with Crippen LogP contribution >= 0.6 is 0 Å². The molecule has 162 valence electrons. The number of anilines is 1. The van der Waals surface area contributed by atoms with Crippen molar-refractivity contribution in [2.45, 2.75) is 46.5 Å². The van der Waals surface area contributed by atoms with Gasteiger partial charge >= 0.3 is 5.97 Å². The summed E-state index contributed by atoms with van der Waals surface area (Å²) in [6.07, 6.45) is 0. The first-order valence-electron chi connectivity index (χ1n) is 10.3. The third-order valence-corrected chi connectivity index (χ3v) is 5.06. The maximum absolute atomic E-state index is 12.5. The summed E-state index contributed by atoms with van der Waals surface area (Å²) in [5.41, 5.74) is 3.65. The molecule has 0 aliphatic carbocycles. The molecular formula is C25H27NO5. The molecule has 0 atom stereocenters. The lowest BCUT2D eigenvalue weighted by Gasteiger charge is -2.20. The van der Waals surface area contributed by atoms with Crippen LogP contribution in [0.4, 0.5) is 5.69 Å². The summed E-state index contributed by atoms with van der Waals surface area (Å²) in [5.74, 6) is -1.13. The molecule has 0 spiro atoms. The van der Waals surface area contributed by atoms with Crippen LogP contribution in [-0.4, -0.2) is 18.5 Å². The Morgan fingerprint density at radius 3 is 2.26 bits per heavy atom. The van der Waals surface area contributed by atoms with E-state index < -0.39 is 18.5 Å². The Kier molecular flexibility index (Phi) is 6.59. The van der Waals surface area contributed by atoms with Crippen molar-refractivity contribution in [1.29, 1.82) is 0 Å². The average molecular weight is 421 g/mol. The highest BCUT2D eigenvalue weighted by molar-refractivity contribution is 5.96. The minimum atomic E-state index is -0.865. The van der Waals surface area contributed by atoms with Crippen molar-refractivity contribution < 1.29 is 18.7 Å². The van der Waals surface area contributed by atoms with Crippen LogP contribution in [0.3, 0.4) is 0 Å². The topological polar surface area (TPSA) is 85.6 Å². The zero-order valence-corrected chi connectivity index (χ0v) is 18.4. The Balaban J connectivity index is 1.75. The Morgan fingerprint density at radius 2 is 1.65 bits per heavy atom. The first-order chi connectivity index (χ1) is 14.7. The van der Waals surface area contributed by atoms with Crippen LogP contribution in [0.1, 0.15) is 66.8 Å². The van der Waals surface area contributed by atoms with E-state index in [2.05, 4.69) is 33.0 Å². The molecule has 0 fully saturated rings. The lowest BCUT2D eigenvalue weighted by Crippen LogP contribution is -2.23. The van der Waals surface area contributed by atoms with E-state index in [1.807, 2.05) is 25.1 Å². The Bertz CT molecular complexity index is 1160. The standard InChI is InChI=1S/C25H27NO5/c1-14(2)17-7-6-8-18(15(3)4)24(17)26-23(28)13-30-25(29)22-12-20(27)19-11-16(5)9-10-21(19)31-22/h6-12,14-15H,13H2,1-5H3,(H,26,28). The quantitative estimate of drug-likeness (QED) is 0.557. The Morgan fingerprint density at radius 1 is 1.00 bits per heavy atom. The second-order valence-electron chi connectivity index (χ2n) is 8.22. The molecule has 0 aliphatic heterocycles. The number of hydrogen-bond acceptors (Lipinski definition) is 5. The van der Waals surface area contributed by atoms with Gasteiger partial charge in [-0.15, -0.1) is 0 Å². The molecule has 0 aliphatic rings. The number of carbonyl (C=O) groups is 2. The van der Waals surface area contributed by atoms with Gasteiger partial charge < -0.3 is 14.5 Å². The number of amides is 1. The number of nitrogens with one attached hydrogen (secondary N) is 1. The van der Waals surface area contributed by atoms with Crippen LogP contribution in [0, 0.1) is 6.92 Å². The van der Waals surface area contributed by atoms with Crippen LogP contribution in [-0.2, 0) is 9.53 Å². The van der Waals surface area contributed by atoms with Gasteiger partial charge in [0.25, 0.3) is 5.91 Å². The number of para-hydroxylation sites is 1. The number of ether oxygens (including phenoxy) is 1. The number of benzene rings is 2. The average Bonchev–Trinajstić information content (AvgIpc) is 2.72. The molecule has 3 aromatic rings. The predicted octanol–water partition coefficient (Wildman–Crippen LogP) is 5.14. The predicted molar refractivity (Wildman–Crippen MR) is 121 cm³/mol. The van der Waals surface area contributed by atoms with E-state index in [4.69, 9.17) is 9.15 Å². The summed E-state index contributed by atoms with van der Waals surface area (Å²) in [5, 5.41) is 3.28. The molecule has 0 unspecified atom stereocenters. The van der Waals surface area contributed by atoms with Gasteiger partial charge in [0.15, 0.2) is 12.0 Å². The first kappa shape index (κ1) is 22.3. The van der Waals surface area contributed by atoms with E-state index >= 15 is 0 Å². The van der Waals surface area contributed by atoms with Crippen molar-refractivity contribution >= 4 is 28.5 Å². The van der Waals surface area contributed by atoms with Gasteiger partial charge in [-0.1, -0.05) is 57.5 Å². The van der Waals surface area contributed by atoms with E-state index in [9.17, 15) is 14.4 Å². The van der Waals surface area contributed by atoms with Gasteiger partial charge in [0.2, 0.25) is 5.76 Å². The molecule has 1 heterocycles. The fourth-order valence-electron chi connectivity index (χ4n) is 3.44. The largest absolute Gasteiger partial charge is 0.450 e. The summed E-state index contributed by atoms with van der Waals surface area (Å²) in [6.45, 7) is 9.59. The molecule has 3 rings (SSSR count). The highest BCUT2D eigenvalue weighted by Crippen LogP contribution is 2.32. The molecular weight excluding hydrogens is 394 g/mol. The van der Waals surface area contributed by atoms with E-state index in [0.29, 0.717) is 11.0 Å². The maximum Gasteiger partial charge on any atom is 0.374 e. The Hall–Kier alpha value is -3.41. The smallest absolute Gasteiger partial charge is 0.374 e. The summed E-state index contributed by atoms with van der Waals surface area (Å²) < 4.78 is 10.6. The number of esters is 1. The minimum Gasteiger partial charge on any atom is -0.450 e. The monoisotopic (exact) mass is 421 g/mol. The van der Waals surface area contributed by atoms with Crippen LogP contribution < -0.4 is 10.7 Å². The number of hydrogen-bond donors (Lipinski definition) is 1. The third-order valence-electron chi connectivity index (χ3n) is 5.06. The number of fused-ring (bicyclic) bond motifs is 1. The highest BCUT2D eigenvalue weighted by Gasteiger charge is 2.19. The molecule has 1 amide bonds. The van der Waals surface area contributed by atoms with E-state index in [1.54, 1.807) is 18.2 Å². The van der Waals surface area contributed by atoms with Crippen molar-refractivity contribution in [1.82, 2.24) is 0 Å². The number of carbonyl (C=O) groups excluding carboxylic acids is 2. The van der Waals surface area contributed by atoms with Gasteiger partial charge in [-0.25, -0.2) is 4.79 Å². The van der Waals surface area contributed by atoms with Crippen molar-refractivity contribution in [2.24, 2.45) is 0 Å². The summed E-state index contributed by atoms with van der Waals surface area (Å²) in [4.78, 5) is 37.2. The number of rotatable bonds is 6. The van der Waals surface area contributed by atoms with E-state index in [0.717, 1.165) is 28.4 Å². The first-order valence-corrected chi connectivity index (χ1v) is 10.3. The SMILES string of the molecule is Cc1ccc2oc(C(=O)OCC(=O)Nc3c(C(C)C)cccc3C(C)C)cc(=O)c2c1. The minimum absolute atomic E-state index is 0.215. The fourth-order valence-corrected chi connectivity index (χ4v) is 3.44. The normalized spacial score (nSPS) is 11.2. The molecule has 1 N–H and O–H groups in total.